The molecule has 0 spiro atoms. The zero-order valence-electron chi connectivity index (χ0n) is 13.8. The Balaban J connectivity index is 1.74. The highest BCUT2D eigenvalue weighted by molar-refractivity contribution is 9.10. The van der Waals surface area contributed by atoms with Gasteiger partial charge in [-0.3, -0.25) is 4.79 Å². The Morgan fingerprint density at radius 1 is 1.48 bits per heavy atom. The first-order valence-corrected chi connectivity index (χ1v) is 9.75. The molecule has 1 aromatic carbocycles. The number of aliphatic hydroxyl groups is 1. The monoisotopic (exact) mass is 418 g/mol. The molecule has 4 nitrogen and oxygen atoms in total. The van der Waals surface area contributed by atoms with Gasteiger partial charge in [0.25, 0.3) is 0 Å². The molecule has 6 heteroatoms. The van der Waals surface area contributed by atoms with Crippen LogP contribution in [-0.2, 0) is 10.2 Å². The van der Waals surface area contributed by atoms with Gasteiger partial charge in [-0.1, -0.05) is 34.0 Å². The lowest BCUT2D eigenvalue weighted by Gasteiger charge is -2.32. The summed E-state index contributed by atoms with van der Waals surface area (Å²) in [6.45, 7) is 2.10. The standard InChI is InChI=1S/C19H19BrN2O2S/c1-3-19(2,14-4-6-15(20)7-5-14)16-11-25-18(21-16)22-17(24)13-8-12(9-13)10-23/h1,4-7,11-13,23H,8-10H2,2H3,(H,21,22,24)/t12?,13?,19-/m0/s1. The van der Waals surface area contributed by atoms with Crippen LogP contribution in [0.4, 0.5) is 5.13 Å². The van der Waals surface area contributed by atoms with E-state index in [1.165, 1.54) is 11.3 Å². The molecule has 2 N–H and O–H groups in total. The summed E-state index contributed by atoms with van der Waals surface area (Å²) in [4.78, 5) is 16.8. The summed E-state index contributed by atoms with van der Waals surface area (Å²) in [5.74, 6) is 3.04. The summed E-state index contributed by atoms with van der Waals surface area (Å²) in [5.41, 5.74) is 1.07. The van der Waals surface area contributed by atoms with Gasteiger partial charge < -0.3 is 10.4 Å². The van der Waals surface area contributed by atoms with Gasteiger partial charge in [0.1, 0.15) is 0 Å². The van der Waals surface area contributed by atoms with Crippen molar-refractivity contribution in [2.45, 2.75) is 25.2 Å². The van der Waals surface area contributed by atoms with Gasteiger partial charge in [0, 0.05) is 22.4 Å². The number of aliphatic hydroxyl groups excluding tert-OH is 1. The number of carbonyl (C=O) groups is 1. The zero-order chi connectivity index (χ0) is 18.0. The number of halogens is 1. The molecule has 1 aliphatic carbocycles. The molecule has 1 amide bonds. The first-order chi connectivity index (χ1) is 12.0. The number of aromatic nitrogens is 1. The van der Waals surface area contributed by atoms with Crippen molar-refractivity contribution in [2.75, 3.05) is 11.9 Å². The van der Waals surface area contributed by atoms with Crippen LogP contribution in [0.1, 0.15) is 31.0 Å². The van der Waals surface area contributed by atoms with Gasteiger partial charge in [-0.25, -0.2) is 4.98 Å². The van der Waals surface area contributed by atoms with Crippen LogP contribution < -0.4 is 5.32 Å². The minimum atomic E-state index is -0.654. The number of rotatable bonds is 5. The van der Waals surface area contributed by atoms with Crippen molar-refractivity contribution in [2.24, 2.45) is 11.8 Å². The van der Waals surface area contributed by atoms with Gasteiger partial charge in [-0.05, 0) is 43.4 Å². The van der Waals surface area contributed by atoms with E-state index >= 15 is 0 Å². The highest BCUT2D eigenvalue weighted by Gasteiger charge is 2.35. The van der Waals surface area contributed by atoms with Crippen LogP contribution in [-0.4, -0.2) is 22.6 Å². The second kappa shape index (κ2) is 7.28. The van der Waals surface area contributed by atoms with Crippen LogP contribution in [0.15, 0.2) is 34.1 Å². The van der Waals surface area contributed by atoms with E-state index in [0.717, 1.165) is 28.6 Å². The van der Waals surface area contributed by atoms with E-state index in [4.69, 9.17) is 11.5 Å². The van der Waals surface area contributed by atoms with Gasteiger partial charge in [0.05, 0.1) is 11.1 Å². The van der Waals surface area contributed by atoms with Crippen LogP contribution in [0.25, 0.3) is 0 Å². The van der Waals surface area contributed by atoms with Crippen LogP contribution in [0.3, 0.4) is 0 Å². The van der Waals surface area contributed by atoms with E-state index in [9.17, 15) is 4.79 Å². The molecule has 1 aromatic heterocycles. The first-order valence-electron chi connectivity index (χ1n) is 8.08. The maximum Gasteiger partial charge on any atom is 0.229 e. The second-order valence-electron chi connectivity index (χ2n) is 6.52. The topological polar surface area (TPSA) is 62.2 Å². The minimum absolute atomic E-state index is 0.0309. The Hall–Kier alpha value is -1.68. The number of anilines is 1. The number of carbonyl (C=O) groups excluding carboxylic acids is 1. The van der Waals surface area contributed by atoms with Crippen molar-refractivity contribution >= 4 is 38.3 Å². The molecule has 0 unspecified atom stereocenters. The lowest BCUT2D eigenvalue weighted by atomic mass is 9.75. The Bertz CT molecular complexity index is 806. The fourth-order valence-electron chi connectivity index (χ4n) is 2.96. The third-order valence-electron chi connectivity index (χ3n) is 4.82. The average Bonchev–Trinajstić information content (AvgIpc) is 3.03. The van der Waals surface area contributed by atoms with E-state index < -0.39 is 5.41 Å². The number of terminal acetylenes is 1. The molecule has 0 bridgehead atoms. The number of hydrogen-bond acceptors (Lipinski definition) is 4. The fourth-order valence-corrected chi connectivity index (χ4v) is 4.04. The van der Waals surface area contributed by atoms with E-state index in [0.29, 0.717) is 5.13 Å². The van der Waals surface area contributed by atoms with Gasteiger partial charge in [0.2, 0.25) is 5.91 Å². The molecule has 1 aliphatic rings. The van der Waals surface area contributed by atoms with Crippen molar-refractivity contribution in [3.63, 3.8) is 0 Å². The van der Waals surface area contributed by atoms with Crippen molar-refractivity contribution in [3.05, 3.63) is 45.4 Å². The molecule has 1 saturated carbocycles. The Morgan fingerprint density at radius 3 is 2.76 bits per heavy atom. The third kappa shape index (κ3) is 3.64. The first kappa shape index (κ1) is 18.1. The van der Waals surface area contributed by atoms with Crippen LogP contribution in [0, 0.1) is 24.2 Å². The molecule has 1 heterocycles. The average molecular weight is 419 g/mol. The predicted octanol–water partition coefficient (Wildman–Crippen LogP) is 3.80. The normalized spacial score (nSPS) is 21.7. The number of hydrogen-bond donors (Lipinski definition) is 2. The maximum absolute atomic E-state index is 12.2. The molecule has 130 valence electrons. The summed E-state index contributed by atoms with van der Waals surface area (Å²) < 4.78 is 0.989. The number of nitrogens with one attached hydrogen (secondary N) is 1. The molecular formula is C19H19BrN2O2S. The molecule has 0 saturated heterocycles. The molecule has 1 fully saturated rings. The number of amides is 1. The third-order valence-corrected chi connectivity index (χ3v) is 6.11. The van der Waals surface area contributed by atoms with Crippen LogP contribution in [0.2, 0.25) is 0 Å². The molecule has 25 heavy (non-hydrogen) atoms. The highest BCUT2D eigenvalue weighted by Crippen LogP contribution is 2.36. The molecule has 0 aliphatic heterocycles. The summed E-state index contributed by atoms with van der Waals surface area (Å²) >= 11 is 4.81. The molecular weight excluding hydrogens is 400 g/mol. The molecule has 3 rings (SSSR count). The quantitative estimate of drug-likeness (QED) is 0.725. The summed E-state index contributed by atoms with van der Waals surface area (Å²) in [6.07, 6.45) is 7.30. The summed E-state index contributed by atoms with van der Waals surface area (Å²) in [5, 5.41) is 14.4. The van der Waals surface area contributed by atoms with E-state index in [1.54, 1.807) is 0 Å². The van der Waals surface area contributed by atoms with E-state index in [1.807, 2.05) is 36.6 Å². The van der Waals surface area contributed by atoms with Crippen molar-refractivity contribution in [1.82, 2.24) is 4.98 Å². The Kier molecular flexibility index (Phi) is 5.28. The lowest BCUT2D eigenvalue weighted by Crippen LogP contribution is -2.36. The van der Waals surface area contributed by atoms with E-state index in [-0.39, 0.29) is 24.3 Å². The smallest absolute Gasteiger partial charge is 0.229 e. The van der Waals surface area contributed by atoms with Crippen LogP contribution in [0.5, 0.6) is 0 Å². The van der Waals surface area contributed by atoms with E-state index in [2.05, 4.69) is 32.2 Å². The Labute approximate surface area is 159 Å². The number of benzene rings is 1. The van der Waals surface area contributed by atoms with Gasteiger partial charge in [-0.15, -0.1) is 17.8 Å². The molecule has 1 atom stereocenters. The SMILES string of the molecule is C#C[C@@](C)(c1ccc(Br)cc1)c1csc(NC(=O)C2CC(CO)C2)n1. The van der Waals surface area contributed by atoms with Gasteiger partial charge >= 0.3 is 0 Å². The lowest BCUT2D eigenvalue weighted by molar-refractivity contribution is -0.124. The largest absolute Gasteiger partial charge is 0.396 e. The van der Waals surface area contributed by atoms with Gasteiger partial charge in [0.15, 0.2) is 5.13 Å². The summed E-state index contributed by atoms with van der Waals surface area (Å²) in [7, 11) is 0. The van der Waals surface area contributed by atoms with Crippen molar-refractivity contribution < 1.29 is 9.90 Å². The number of thiazole rings is 1. The van der Waals surface area contributed by atoms with Crippen molar-refractivity contribution in [1.29, 1.82) is 0 Å². The maximum atomic E-state index is 12.2. The molecule has 2 aromatic rings. The summed E-state index contributed by atoms with van der Waals surface area (Å²) in [6, 6.07) is 7.86. The highest BCUT2D eigenvalue weighted by atomic mass is 79.9. The Morgan fingerprint density at radius 2 is 2.16 bits per heavy atom. The fraction of sp³-hybridized carbons (Fsp3) is 0.368. The predicted molar refractivity (Wildman–Crippen MR) is 103 cm³/mol. The molecule has 0 radical (unpaired) electrons. The van der Waals surface area contributed by atoms with Crippen molar-refractivity contribution in [3.8, 4) is 12.3 Å². The van der Waals surface area contributed by atoms with Crippen LogP contribution >= 0.6 is 27.3 Å². The number of nitrogens with zero attached hydrogens (tertiary/aromatic N) is 1. The minimum Gasteiger partial charge on any atom is -0.396 e. The second-order valence-corrected chi connectivity index (χ2v) is 8.29. The van der Waals surface area contributed by atoms with Gasteiger partial charge in [-0.2, -0.15) is 0 Å². The zero-order valence-corrected chi connectivity index (χ0v) is 16.2.